The van der Waals surface area contributed by atoms with Crippen LogP contribution in [0.2, 0.25) is 0 Å². The Morgan fingerprint density at radius 3 is 2.70 bits per heavy atom. The topological polar surface area (TPSA) is 98.6 Å². The van der Waals surface area contributed by atoms with Crippen molar-refractivity contribution < 1.29 is 14.3 Å². The molecular formula is C22H25N5O3. The van der Waals surface area contributed by atoms with Crippen LogP contribution in [-0.4, -0.2) is 55.5 Å². The number of hydrogen-bond donors (Lipinski definition) is 1. The molecule has 0 atom stereocenters. The molecule has 1 fully saturated rings. The SMILES string of the molecule is COc1cccc(NC(=O)CN(C)C(=O)C2CCN(c3ccc(C#N)cn3)CC2)c1. The predicted octanol–water partition coefficient (Wildman–Crippen LogP) is 2.28. The number of rotatable bonds is 6. The number of benzene rings is 1. The average Bonchev–Trinajstić information content (AvgIpc) is 2.78. The fraction of sp³-hybridized carbons (Fsp3) is 0.364. The maximum Gasteiger partial charge on any atom is 0.243 e. The second-order valence-electron chi connectivity index (χ2n) is 7.25. The molecule has 2 heterocycles. The van der Waals surface area contributed by atoms with Crippen molar-refractivity contribution in [2.45, 2.75) is 12.8 Å². The van der Waals surface area contributed by atoms with Gasteiger partial charge in [0.25, 0.3) is 0 Å². The Kier molecular flexibility index (Phi) is 6.86. The maximum atomic E-state index is 12.8. The van der Waals surface area contributed by atoms with Gasteiger partial charge in [-0.05, 0) is 37.1 Å². The van der Waals surface area contributed by atoms with Gasteiger partial charge in [-0.25, -0.2) is 4.98 Å². The number of likely N-dealkylation sites (N-methyl/N-ethyl adjacent to an activating group) is 1. The van der Waals surface area contributed by atoms with Crippen molar-refractivity contribution in [1.29, 1.82) is 5.26 Å². The number of ether oxygens (including phenoxy) is 1. The van der Waals surface area contributed by atoms with Crippen LogP contribution >= 0.6 is 0 Å². The monoisotopic (exact) mass is 407 g/mol. The minimum absolute atomic E-state index is 0.00651. The first-order valence-electron chi connectivity index (χ1n) is 9.80. The van der Waals surface area contributed by atoms with Crippen molar-refractivity contribution in [3.05, 3.63) is 48.2 Å². The van der Waals surface area contributed by atoms with E-state index >= 15 is 0 Å². The Labute approximate surface area is 176 Å². The standard InChI is InChI=1S/C22H25N5O3/c1-26(15-21(28)25-18-4-3-5-19(12-18)30-2)22(29)17-8-10-27(11-9-17)20-7-6-16(13-23)14-24-20/h3-7,12,14,17H,8-11,15H2,1-2H3,(H,25,28). The average molecular weight is 407 g/mol. The molecule has 3 rings (SSSR count). The molecule has 0 unspecified atom stereocenters. The molecule has 30 heavy (non-hydrogen) atoms. The zero-order chi connectivity index (χ0) is 21.5. The van der Waals surface area contributed by atoms with Crippen LogP contribution in [0.1, 0.15) is 18.4 Å². The van der Waals surface area contributed by atoms with Gasteiger partial charge in [0.2, 0.25) is 11.8 Å². The van der Waals surface area contributed by atoms with Crippen molar-refractivity contribution in [1.82, 2.24) is 9.88 Å². The number of aromatic nitrogens is 1. The quantitative estimate of drug-likeness (QED) is 0.789. The molecule has 1 aliphatic rings. The second-order valence-corrected chi connectivity index (χ2v) is 7.25. The van der Waals surface area contributed by atoms with Crippen molar-refractivity contribution in [2.75, 3.05) is 44.0 Å². The lowest BCUT2D eigenvalue weighted by Crippen LogP contribution is -2.43. The van der Waals surface area contributed by atoms with Crippen molar-refractivity contribution >= 4 is 23.3 Å². The summed E-state index contributed by atoms with van der Waals surface area (Å²) in [5.41, 5.74) is 1.15. The van der Waals surface area contributed by atoms with Crippen molar-refractivity contribution in [3.63, 3.8) is 0 Å². The van der Waals surface area contributed by atoms with E-state index in [-0.39, 0.29) is 24.3 Å². The van der Waals surface area contributed by atoms with Crippen molar-refractivity contribution in [2.24, 2.45) is 5.92 Å². The van der Waals surface area contributed by atoms with E-state index in [2.05, 4.69) is 21.3 Å². The van der Waals surface area contributed by atoms with Crippen LogP contribution < -0.4 is 15.0 Å². The normalized spacial score (nSPS) is 14.0. The summed E-state index contributed by atoms with van der Waals surface area (Å²) in [6.07, 6.45) is 2.95. The largest absolute Gasteiger partial charge is 0.497 e. The lowest BCUT2D eigenvalue weighted by atomic mass is 9.95. The first kappa shape index (κ1) is 21.1. The molecule has 1 N–H and O–H groups in total. The van der Waals surface area contributed by atoms with Crippen LogP contribution in [0.4, 0.5) is 11.5 Å². The van der Waals surface area contributed by atoms with E-state index in [4.69, 9.17) is 10.00 Å². The second kappa shape index (κ2) is 9.74. The number of nitrogens with zero attached hydrogens (tertiary/aromatic N) is 4. The summed E-state index contributed by atoms with van der Waals surface area (Å²) in [6.45, 7) is 1.41. The van der Waals surface area contributed by atoms with Crippen LogP contribution in [0, 0.1) is 17.2 Å². The zero-order valence-corrected chi connectivity index (χ0v) is 17.2. The molecule has 0 aliphatic carbocycles. The van der Waals surface area contributed by atoms with Crippen LogP contribution in [-0.2, 0) is 9.59 Å². The van der Waals surface area contributed by atoms with E-state index in [9.17, 15) is 9.59 Å². The number of carbonyl (C=O) groups is 2. The molecule has 2 amide bonds. The molecule has 156 valence electrons. The van der Waals surface area contributed by atoms with Crippen LogP contribution in [0.25, 0.3) is 0 Å². The summed E-state index contributed by atoms with van der Waals surface area (Å²) in [4.78, 5) is 33.0. The highest BCUT2D eigenvalue weighted by atomic mass is 16.5. The summed E-state index contributed by atoms with van der Waals surface area (Å²) in [6, 6.07) is 12.7. The minimum Gasteiger partial charge on any atom is -0.497 e. The highest BCUT2D eigenvalue weighted by Gasteiger charge is 2.28. The van der Waals surface area contributed by atoms with Gasteiger partial charge in [0, 0.05) is 44.0 Å². The number of nitrogens with one attached hydrogen (secondary N) is 1. The van der Waals surface area contributed by atoms with Gasteiger partial charge in [-0.3, -0.25) is 9.59 Å². The molecule has 0 bridgehead atoms. The van der Waals surface area contributed by atoms with E-state index < -0.39 is 0 Å². The highest BCUT2D eigenvalue weighted by Crippen LogP contribution is 2.23. The van der Waals surface area contributed by atoms with Crippen LogP contribution in [0.3, 0.4) is 0 Å². The van der Waals surface area contributed by atoms with E-state index in [1.54, 1.807) is 50.7 Å². The molecule has 0 radical (unpaired) electrons. The minimum atomic E-state index is -0.252. The highest BCUT2D eigenvalue weighted by molar-refractivity contribution is 5.94. The van der Waals surface area contributed by atoms with Crippen molar-refractivity contribution in [3.8, 4) is 11.8 Å². The molecule has 0 spiro atoms. The Hall–Kier alpha value is -3.60. The Balaban J connectivity index is 1.49. The predicted molar refractivity (Wildman–Crippen MR) is 113 cm³/mol. The van der Waals surface area contributed by atoms with Gasteiger partial charge in [-0.1, -0.05) is 6.07 Å². The summed E-state index contributed by atoms with van der Waals surface area (Å²) < 4.78 is 5.15. The number of nitriles is 1. The maximum absolute atomic E-state index is 12.8. The smallest absolute Gasteiger partial charge is 0.243 e. The van der Waals surface area contributed by atoms with Gasteiger partial charge in [-0.2, -0.15) is 5.26 Å². The molecule has 1 aliphatic heterocycles. The summed E-state index contributed by atoms with van der Waals surface area (Å²) in [5, 5.41) is 11.7. The number of pyridine rings is 1. The third kappa shape index (κ3) is 5.26. The third-order valence-electron chi connectivity index (χ3n) is 5.16. The lowest BCUT2D eigenvalue weighted by Gasteiger charge is -2.33. The Morgan fingerprint density at radius 2 is 2.07 bits per heavy atom. The molecule has 1 aromatic heterocycles. The first-order valence-corrected chi connectivity index (χ1v) is 9.80. The van der Waals surface area contributed by atoms with Gasteiger partial charge in [0.05, 0.1) is 19.2 Å². The fourth-order valence-corrected chi connectivity index (χ4v) is 3.50. The molecule has 8 nitrogen and oxygen atoms in total. The van der Waals surface area contributed by atoms with E-state index in [1.807, 2.05) is 6.07 Å². The molecule has 1 saturated heterocycles. The zero-order valence-electron chi connectivity index (χ0n) is 17.2. The van der Waals surface area contributed by atoms with Gasteiger partial charge in [-0.15, -0.1) is 0 Å². The third-order valence-corrected chi connectivity index (χ3v) is 5.16. The van der Waals surface area contributed by atoms with Crippen LogP contribution in [0.5, 0.6) is 5.75 Å². The first-order chi connectivity index (χ1) is 14.5. The molecule has 0 saturated carbocycles. The number of piperidine rings is 1. The van der Waals surface area contributed by atoms with E-state index in [0.717, 1.165) is 5.82 Å². The number of methoxy groups -OCH3 is 1. The molecule has 1 aromatic carbocycles. The summed E-state index contributed by atoms with van der Waals surface area (Å²) >= 11 is 0. The number of amides is 2. The lowest BCUT2D eigenvalue weighted by molar-refractivity contribution is -0.137. The van der Waals surface area contributed by atoms with E-state index in [1.165, 1.54) is 4.90 Å². The number of carbonyl (C=O) groups excluding carboxylic acids is 2. The fourth-order valence-electron chi connectivity index (χ4n) is 3.50. The van der Waals surface area contributed by atoms with Gasteiger partial charge in [0.15, 0.2) is 0 Å². The Bertz CT molecular complexity index is 931. The van der Waals surface area contributed by atoms with Crippen LogP contribution in [0.15, 0.2) is 42.6 Å². The molecular weight excluding hydrogens is 382 g/mol. The number of hydrogen-bond acceptors (Lipinski definition) is 6. The molecule has 2 aromatic rings. The number of anilines is 2. The van der Waals surface area contributed by atoms with Gasteiger partial charge in [0.1, 0.15) is 17.6 Å². The molecule has 8 heteroatoms. The Morgan fingerprint density at radius 1 is 1.30 bits per heavy atom. The van der Waals surface area contributed by atoms with Gasteiger partial charge < -0.3 is 19.9 Å². The van der Waals surface area contributed by atoms with Gasteiger partial charge >= 0.3 is 0 Å². The summed E-state index contributed by atoms with van der Waals surface area (Å²) in [5.74, 6) is 1.07. The summed E-state index contributed by atoms with van der Waals surface area (Å²) in [7, 11) is 3.22. The van der Waals surface area contributed by atoms with E-state index in [0.29, 0.717) is 42.9 Å².